The number of carbonyl (C=O) groups excluding carboxylic acids is 2. The molecular weight excluding hydrogens is 279 g/mol. The molecule has 5 nitrogen and oxygen atoms in total. The molecule has 20 heavy (non-hydrogen) atoms. The summed E-state index contributed by atoms with van der Waals surface area (Å²) < 4.78 is 45.1. The Morgan fingerprint density at radius 2 is 1.90 bits per heavy atom. The highest BCUT2D eigenvalue weighted by atomic mass is 19.4. The molecule has 0 radical (unpaired) electrons. The van der Waals surface area contributed by atoms with Gasteiger partial charge in [0.15, 0.2) is 6.61 Å². The summed E-state index contributed by atoms with van der Waals surface area (Å²) in [6.07, 6.45) is -4.49. The highest BCUT2D eigenvalue weighted by Crippen LogP contribution is 2.18. The van der Waals surface area contributed by atoms with E-state index in [0.29, 0.717) is 0 Å². The van der Waals surface area contributed by atoms with E-state index in [9.17, 15) is 22.8 Å². The zero-order chi connectivity index (χ0) is 15.2. The molecule has 1 aromatic rings. The number of nitrogens with one attached hydrogen (secondary N) is 1. The monoisotopic (exact) mass is 291 g/mol. The van der Waals surface area contributed by atoms with Crippen molar-refractivity contribution < 1.29 is 32.2 Å². The van der Waals surface area contributed by atoms with Gasteiger partial charge in [0.2, 0.25) is 0 Å². The summed E-state index contributed by atoms with van der Waals surface area (Å²) in [4.78, 5) is 22.5. The first-order valence-electron chi connectivity index (χ1n) is 5.47. The number of hydrogen-bond acceptors (Lipinski definition) is 4. The first kappa shape index (κ1) is 15.8. The molecule has 0 bridgehead atoms. The molecule has 0 atom stereocenters. The maximum Gasteiger partial charge on any atom is 0.405 e. The number of carbonyl (C=O) groups is 2. The first-order chi connectivity index (χ1) is 9.33. The second kappa shape index (κ2) is 6.78. The van der Waals surface area contributed by atoms with Crippen LogP contribution in [0.4, 0.5) is 13.2 Å². The third kappa shape index (κ3) is 5.17. The van der Waals surface area contributed by atoms with Crippen LogP contribution in [0.5, 0.6) is 5.75 Å². The fraction of sp³-hybridized carbons (Fsp3) is 0.333. The van der Waals surface area contributed by atoms with Crippen molar-refractivity contribution in [1.82, 2.24) is 5.32 Å². The molecule has 1 amide bonds. The third-order valence-electron chi connectivity index (χ3n) is 2.14. The van der Waals surface area contributed by atoms with Gasteiger partial charge in [-0.05, 0) is 12.1 Å². The third-order valence-corrected chi connectivity index (χ3v) is 2.14. The molecule has 0 aliphatic rings. The topological polar surface area (TPSA) is 64.6 Å². The maximum atomic E-state index is 11.9. The lowest BCUT2D eigenvalue weighted by molar-refractivity contribution is -0.139. The smallest absolute Gasteiger partial charge is 0.405 e. The van der Waals surface area contributed by atoms with Crippen molar-refractivity contribution in [3.05, 3.63) is 29.8 Å². The van der Waals surface area contributed by atoms with E-state index in [1.807, 2.05) is 0 Å². The highest BCUT2D eigenvalue weighted by molar-refractivity contribution is 5.92. The Labute approximate surface area is 112 Å². The van der Waals surface area contributed by atoms with Crippen molar-refractivity contribution in [3.8, 4) is 5.75 Å². The Bertz CT molecular complexity index is 488. The molecule has 0 aliphatic carbocycles. The van der Waals surface area contributed by atoms with E-state index in [1.165, 1.54) is 19.2 Å². The van der Waals surface area contributed by atoms with Crippen LogP contribution >= 0.6 is 0 Å². The Hall–Kier alpha value is -2.25. The minimum absolute atomic E-state index is 0.0570. The number of para-hydroxylation sites is 1. The fourth-order valence-corrected chi connectivity index (χ4v) is 1.26. The van der Waals surface area contributed by atoms with Crippen molar-refractivity contribution in [2.75, 3.05) is 20.3 Å². The number of amides is 1. The number of ether oxygens (including phenoxy) is 2. The molecule has 0 saturated heterocycles. The molecule has 0 unspecified atom stereocenters. The molecule has 0 fully saturated rings. The summed E-state index contributed by atoms with van der Waals surface area (Å²) in [5, 5.41) is 1.65. The van der Waals surface area contributed by atoms with Gasteiger partial charge in [0.1, 0.15) is 17.9 Å². The molecule has 0 heterocycles. The van der Waals surface area contributed by atoms with E-state index in [1.54, 1.807) is 17.4 Å². The van der Waals surface area contributed by atoms with Crippen LogP contribution in [0.2, 0.25) is 0 Å². The van der Waals surface area contributed by atoms with Crippen LogP contribution < -0.4 is 10.1 Å². The first-order valence-corrected chi connectivity index (χ1v) is 5.47. The average molecular weight is 291 g/mol. The van der Waals surface area contributed by atoms with E-state index in [0.717, 1.165) is 0 Å². The lowest BCUT2D eigenvalue weighted by atomic mass is 10.2. The average Bonchev–Trinajstić information content (AvgIpc) is 2.41. The molecule has 1 aromatic carbocycles. The second-order valence-electron chi connectivity index (χ2n) is 3.67. The Balaban J connectivity index is 2.58. The molecule has 1 N–H and O–H groups in total. The van der Waals surface area contributed by atoms with Crippen LogP contribution in [0, 0.1) is 0 Å². The number of alkyl halides is 3. The van der Waals surface area contributed by atoms with Gasteiger partial charge in [0.25, 0.3) is 5.91 Å². The van der Waals surface area contributed by atoms with Crippen molar-refractivity contribution in [2.45, 2.75) is 6.18 Å². The minimum atomic E-state index is -4.49. The normalized spacial score (nSPS) is 10.8. The summed E-state index contributed by atoms with van der Waals surface area (Å²) >= 11 is 0. The van der Waals surface area contributed by atoms with Gasteiger partial charge in [-0.15, -0.1) is 0 Å². The largest absolute Gasteiger partial charge is 0.483 e. The van der Waals surface area contributed by atoms with Crippen LogP contribution in [-0.4, -0.2) is 38.3 Å². The maximum absolute atomic E-state index is 11.9. The van der Waals surface area contributed by atoms with Gasteiger partial charge in [-0.1, -0.05) is 12.1 Å². The van der Waals surface area contributed by atoms with E-state index in [2.05, 4.69) is 4.74 Å². The van der Waals surface area contributed by atoms with Crippen LogP contribution in [0.25, 0.3) is 0 Å². The van der Waals surface area contributed by atoms with Gasteiger partial charge in [0, 0.05) is 0 Å². The van der Waals surface area contributed by atoms with Gasteiger partial charge in [-0.25, -0.2) is 4.79 Å². The number of methoxy groups -OCH3 is 1. The second-order valence-corrected chi connectivity index (χ2v) is 3.67. The summed E-state index contributed by atoms with van der Waals surface area (Å²) in [7, 11) is 1.18. The van der Waals surface area contributed by atoms with Crippen molar-refractivity contribution >= 4 is 11.9 Å². The Morgan fingerprint density at radius 3 is 2.50 bits per heavy atom. The minimum Gasteiger partial charge on any atom is -0.483 e. The highest BCUT2D eigenvalue weighted by Gasteiger charge is 2.27. The molecule has 0 aliphatic heterocycles. The van der Waals surface area contributed by atoms with Gasteiger partial charge < -0.3 is 14.8 Å². The Kier molecular flexibility index (Phi) is 5.36. The van der Waals surface area contributed by atoms with Crippen molar-refractivity contribution in [3.63, 3.8) is 0 Å². The molecule has 0 spiro atoms. The SMILES string of the molecule is COC(=O)c1ccccc1OCC(=O)NCC(F)(F)F. The number of esters is 1. The predicted molar refractivity (Wildman–Crippen MR) is 62.3 cm³/mol. The number of hydrogen-bond donors (Lipinski definition) is 1. The summed E-state index contributed by atoms with van der Waals surface area (Å²) in [6.45, 7) is -2.07. The lowest BCUT2D eigenvalue weighted by Crippen LogP contribution is -2.36. The molecular formula is C12H12F3NO4. The summed E-state index contributed by atoms with van der Waals surface area (Å²) in [5.74, 6) is -1.56. The quantitative estimate of drug-likeness (QED) is 0.836. The molecule has 0 saturated carbocycles. The Morgan fingerprint density at radius 1 is 1.25 bits per heavy atom. The van der Waals surface area contributed by atoms with Crippen LogP contribution in [-0.2, 0) is 9.53 Å². The van der Waals surface area contributed by atoms with Crippen LogP contribution in [0.1, 0.15) is 10.4 Å². The van der Waals surface area contributed by atoms with Crippen molar-refractivity contribution in [2.24, 2.45) is 0 Å². The van der Waals surface area contributed by atoms with Gasteiger partial charge in [0.05, 0.1) is 7.11 Å². The lowest BCUT2D eigenvalue weighted by Gasteiger charge is -2.11. The van der Waals surface area contributed by atoms with Gasteiger partial charge >= 0.3 is 12.1 Å². The van der Waals surface area contributed by atoms with Gasteiger partial charge in [-0.2, -0.15) is 13.2 Å². The van der Waals surface area contributed by atoms with Crippen LogP contribution in [0.15, 0.2) is 24.3 Å². The molecule has 110 valence electrons. The fourth-order valence-electron chi connectivity index (χ4n) is 1.26. The predicted octanol–water partition coefficient (Wildman–Crippen LogP) is 1.53. The summed E-state index contributed by atoms with van der Waals surface area (Å²) in [5.41, 5.74) is 0.0821. The zero-order valence-corrected chi connectivity index (χ0v) is 10.5. The summed E-state index contributed by atoms with van der Waals surface area (Å²) in [6, 6.07) is 5.93. The molecule has 0 aromatic heterocycles. The van der Waals surface area contributed by atoms with E-state index >= 15 is 0 Å². The molecule has 8 heteroatoms. The van der Waals surface area contributed by atoms with Crippen LogP contribution in [0.3, 0.4) is 0 Å². The zero-order valence-electron chi connectivity index (χ0n) is 10.5. The number of rotatable bonds is 5. The van der Waals surface area contributed by atoms with E-state index in [4.69, 9.17) is 4.74 Å². The van der Waals surface area contributed by atoms with Crippen molar-refractivity contribution in [1.29, 1.82) is 0 Å². The number of halogens is 3. The van der Waals surface area contributed by atoms with Gasteiger partial charge in [-0.3, -0.25) is 4.79 Å². The number of benzene rings is 1. The molecule has 1 rings (SSSR count). The van der Waals surface area contributed by atoms with E-state index < -0.39 is 31.2 Å². The standard InChI is InChI=1S/C12H12F3NO4/c1-19-11(18)8-4-2-3-5-9(8)20-6-10(17)16-7-12(13,14)15/h2-5H,6-7H2,1H3,(H,16,17). The van der Waals surface area contributed by atoms with E-state index in [-0.39, 0.29) is 11.3 Å².